The van der Waals surface area contributed by atoms with Crippen molar-refractivity contribution in [2.24, 2.45) is 0 Å². The van der Waals surface area contributed by atoms with Gasteiger partial charge >= 0.3 is 0 Å². The fraction of sp³-hybridized carbons (Fsp3) is 0.316. The number of nitrogens with one attached hydrogen (secondary N) is 1. The van der Waals surface area contributed by atoms with Gasteiger partial charge in [-0.1, -0.05) is 11.6 Å². The van der Waals surface area contributed by atoms with Crippen molar-refractivity contribution in [1.82, 2.24) is 4.31 Å². The minimum atomic E-state index is -3.84. The number of benzene rings is 2. The van der Waals surface area contributed by atoms with Crippen LogP contribution < -0.4 is 10.2 Å². The van der Waals surface area contributed by atoms with Crippen LogP contribution in [0.1, 0.15) is 12.8 Å². The van der Waals surface area contributed by atoms with Crippen LogP contribution in [-0.2, 0) is 14.8 Å². The standard InChI is InChI=1S/C19H21ClFN3O3S/c1-23(28(26,27)18-6-4-14(20)5-7-18)13-19(25)22-16-10-15(21)11-17(12-16)24-8-2-3-9-24/h4-7,10-12H,2-3,8-9,13H2,1H3,(H,22,25). The zero-order chi connectivity index (χ0) is 20.3. The Morgan fingerprint density at radius 1 is 1.18 bits per heavy atom. The number of sulfonamides is 1. The zero-order valence-corrected chi connectivity index (χ0v) is 16.9. The number of nitrogens with zero attached hydrogens (tertiary/aromatic N) is 2. The van der Waals surface area contributed by atoms with Crippen LogP contribution in [-0.4, -0.2) is 45.3 Å². The normalized spacial score (nSPS) is 14.5. The van der Waals surface area contributed by atoms with E-state index in [9.17, 15) is 17.6 Å². The van der Waals surface area contributed by atoms with Crippen molar-refractivity contribution in [1.29, 1.82) is 0 Å². The number of carbonyl (C=O) groups is 1. The predicted molar refractivity (Wildman–Crippen MR) is 108 cm³/mol. The Bertz CT molecular complexity index is 961. The van der Waals surface area contributed by atoms with E-state index in [0.29, 0.717) is 16.4 Å². The quantitative estimate of drug-likeness (QED) is 0.770. The van der Waals surface area contributed by atoms with E-state index >= 15 is 0 Å². The summed E-state index contributed by atoms with van der Waals surface area (Å²) in [6.45, 7) is 1.29. The van der Waals surface area contributed by atoms with Crippen molar-refractivity contribution in [3.8, 4) is 0 Å². The lowest BCUT2D eigenvalue weighted by Gasteiger charge is -2.20. The fourth-order valence-corrected chi connectivity index (χ4v) is 4.33. The minimum absolute atomic E-state index is 0.0364. The molecule has 1 N–H and O–H groups in total. The van der Waals surface area contributed by atoms with E-state index in [1.807, 2.05) is 0 Å². The van der Waals surface area contributed by atoms with Gasteiger partial charge < -0.3 is 10.2 Å². The van der Waals surface area contributed by atoms with E-state index in [4.69, 9.17) is 11.6 Å². The maximum absolute atomic E-state index is 13.9. The molecule has 28 heavy (non-hydrogen) atoms. The topological polar surface area (TPSA) is 69.7 Å². The monoisotopic (exact) mass is 425 g/mol. The summed E-state index contributed by atoms with van der Waals surface area (Å²) in [6, 6.07) is 10.0. The average molecular weight is 426 g/mol. The lowest BCUT2D eigenvalue weighted by molar-refractivity contribution is -0.116. The van der Waals surface area contributed by atoms with Crippen molar-refractivity contribution >= 4 is 38.9 Å². The van der Waals surface area contributed by atoms with Gasteiger partial charge in [-0.2, -0.15) is 4.31 Å². The molecule has 0 saturated carbocycles. The summed E-state index contributed by atoms with van der Waals surface area (Å²) in [7, 11) is -2.53. The molecule has 0 radical (unpaired) electrons. The molecule has 0 unspecified atom stereocenters. The molecule has 3 rings (SSSR count). The van der Waals surface area contributed by atoms with Crippen LogP contribution in [0, 0.1) is 5.82 Å². The number of halogens is 2. The maximum atomic E-state index is 13.9. The number of carbonyl (C=O) groups excluding carboxylic acids is 1. The molecule has 0 spiro atoms. The van der Waals surface area contributed by atoms with E-state index < -0.39 is 28.3 Å². The highest BCUT2D eigenvalue weighted by Gasteiger charge is 2.23. The van der Waals surface area contributed by atoms with Crippen LogP contribution in [0.3, 0.4) is 0 Å². The number of likely N-dealkylation sites (N-methyl/N-ethyl adjacent to an activating group) is 1. The second kappa shape index (κ2) is 8.46. The molecule has 1 amide bonds. The predicted octanol–water partition coefficient (Wildman–Crippen LogP) is 3.34. The van der Waals surface area contributed by atoms with Gasteiger partial charge in [0.15, 0.2) is 0 Å². The molecule has 0 atom stereocenters. The third-order valence-corrected chi connectivity index (χ3v) is 6.60. The third-order valence-electron chi connectivity index (χ3n) is 4.53. The Morgan fingerprint density at radius 2 is 1.82 bits per heavy atom. The maximum Gasteiger partial charge on any atom is 0.243 e. The van der Waals surface area contributed by atoms with Crippen molar-refractivity contribution in [2.75, 3.05) is 36.9 Å². The Labute approximate surface area is 168 Å². The van der Waals surface area contributed by atoms with Gasteiger partial charge in [-0.15, -0.1) is 0 Å². The Hall–Kier alpha value is -2.16. The molecule has 2 aromatic carbocycles. The van der Waals surface area contributed by atoms with Crippen molar-refractivity contribution in [3.05, 3.63) is 53.3 Å². The Kier molecular flexibility index (Phi) is 6.22. The number of hydrogen-bond donors (Lipinski definition) is 1. The molecule has 1 heterocycles. The number of amides is 1. The first-order chi connectivity index (χ1) is 13.3. The summed E-state index contributed by atoms with van der Waals surface area (Å²) in [6.07, 6.45) is 2.09. The molecule has 1 aliphatic heterocycles. The van der Waals surface area contributed by atoms with Gasteiger partial charge in [0.2, 0.25) is 15.9 Å². The van der Waals surface area contributed by atoms with Crippen molar-refractivity contribution in [2.45, 2.75) is 17.7 Å². The van der Waals surface area contributed by atoms with E-state index in [2.05, 4.69) is 10.2 Å². The van der Waals surface area contributed by atoms with Crippen LogP contribution in [0.4, 0.5) is 15.8 Å². The minimum Gasteiger partial charge on any atom is -0.371 e. The van der Waals surface area contributed by atoms with E-state index in [1.54, 1.807) is 6.07 Å². The first kappa shape index (κ1) is 20.6. The highest BCUT2D eigenvalue weighted by Crippen LogP contribution is 2.25. The summed E-state index contributed by atoms with van der Waals surface area (Å²) in [5.41, 5.74) is 0.999. The number of rotatable bonds is 6. The van der Waals surface area contributed by atoms with Crippen LogP contribution in [0.15, 0.2) is 47.4 Å². The van der Waals surface area contributed by atoms with Gasteiger partial charge in [0.25, 0.3) is 0 Å². The lowest BCUT2D eigenvalue weighted by Crippen LogP contribution is -2.35. The van der Waals surface area contributed by atoms with Crippen molar-refractivity contribution < 1.29 is 17.6 Å². The molecule has 6 nitrogen and oxygen atoms in total. The first-order valence-electron chi connectivity index (χ1n) is 8.83. The van der Waals surface area contributed by atoms with Crippen LogP contribution >= 0.6 is 11.6 Å². The summed E-state index contributed by atoms with van der Waals surface area (Å²) in [5.74, 6) is -1.01. The Morgan fingerprint density at radius 3 is 2.46 bits per heavy atom. The molecule has 2 aromatic rings. The fourth-order valence-electron chi connectivity index (χ4n) is 3.08. The largest absolute Gasteiger partial charge is 0.371 e. The highest BCUT2D eigenvalue weighted by molar-refractivity contribution is 7.89. The lowest BCUT2D eigenvalue weighted by atomic mass is 10.2. The van der Waals surface area contributed by atoms with Crippen molar-refractivity contribution in [3.63, 3.8) is 0 Å². The van der Waals surface area contributed by atoms with E-state index in [1.165, 1.54) is 43.4 Å². The summed E-state index contributed by atoms with van der Waals surface area (Å²) in [5, 5.41) is 2.99. The van der Waals surface area contributed by atoms with E-state index in [0.717, 1.165) is 30.2 Å². The van der Waals surface area contributed by atoms with Gasteiger partial charge in [-0.3, -0.25) is 4.79 Å². The zero-order valence-electron chi connectivity index (χ0n) is 15.4. The van der Waals surface area contributed by atoms with Crippen LogP contribution in [0.5, 0.6) is 0 Å². The molecule has 0 bridgehead atoms. The molecule has 0 aromatic heterocycles. The molecular formula is C19H21ClFN3O3S. The third kappa shape index (κ3) is 4.81. The second-order valence-electron chi connectivity index (χ2n) is 6.66. The molecular weight excluding hydrogens is 405 g/mol. The van der Waals surface area contributed by atoms with Crippen LogP contribution in [0.2, 0.25) is 5.02 Å². The van der Waals surface area contributed by atoms with E-state index in [-0.39, 0.29) is 4.90 Å². The van der Waals surface area contributed by atoms with Gasteiger partial charge in [0, 0.05) is 36.5 Å². The molecule has 150 valence electrons. The van der Waals surface area contributed by atoms with Gasteiger partial charge in [0.1, 0.15) is 5.82 Å². The van der Waals surface area contributed by atoms with Crippen LogP contribution in [0.25, 0.3) is 0 Å². The number of anilines is 2. The molecule has 1 fully saturated rings. The summed E-state index contributed by atoms with van der Waals surface area (Å²) >= 11 is 5.78. The van der Waals surface area contributed by atoms with Gasteiger partial charge in [0.05, 0.1) is 11.4 Å². The smallest absolute Gasteiger partial charge is 0.243 e. The molecule has 0 aliphatic carbocycles. The van der Waals surface area contributed by atoms with Gasteiger partial charge in [-0.05, 0) is 55.3 Å². The average Bonchev–Trinajstić information content (AvgIpc) is 3.16. The number of hydrogen-bond acceptors (Lipinski definition) is 4. The van der Waals surface area contributed by atoms with Gasteiger partial charge in [-0.25, -0.2) is 12.8 Å². The summed E-state index contributed by atoms with van der Waals surface area (Å²) < 4.78 is 40.0. The second-order valence-corrected chi connectivity index (χ2v) is 9.14. The Balaban J connectivity index is 1.69. The highest BCUT2D eigenvalue weighted by atomic mass is 35.5. The SMILES string of the molecule is CN(CC(=O)Nc1cc(F)cc(N2CCCC2)c1)S(=O)(=O)c1ccc(Cl)cc1. The molecule has 9 heteroatoms. The first-order valence-corrected chi connectivity index (χ1v) is 10.6. The summed E-state index contributed by atoms with van der Waals surface area (Å²) in [4.78, 5) is 14.4. The molecule has 1 aliphatic rings. The molecule has 1 saturated heterocycles.